The maximum atomic E-state index is 11.8. The van der Waals surface area contributed by atoms with Crippen molar-refractivity contribution in [2.45, 2.75) is 39.7 Å². The van der Waals surface area contributed by atoms with E-state index in [-0.39, 0.29) is 21.1 Å². The standard InChI is InChI=1S/C25H26N2O3Si/c1-5-29-24(28)18-10-12-20(13-11-18)27-15-14-19(22(27)16-26)17-30-31-23-9-7-6-8-21(23)25(2,3)4/h6-15H,5,17H2,1-4H3. The van der Waals surface area contributed by atoms with Crippen molar-refractivity contribution in [1.82, 2.24) is 4.57 Å². The normalized spacial score (nSPS) is 11.2. The van der Waals surface area contributed by atoms with Gasteiger partial charge in [-0.15, -0.1) is 0 Å². The van der Waals surface area contributed by atoms with Crippen molar-refractivity contribution in [2.24, 2.45) is 0 Å². The summed E-state index contributed by atoms with van der Waals surface area (Å²) in [5.74, 6) is -0.354. The predicted octanol–water partition coefficient (Wildman–Crippen LogP) is 4.28. The van der Waals surface area contributed by atoms with Crippen molar-refractivity contribution in [3.05, 3.63) is 83.2 Å². The summed E-state index contributed by atoms with van der Waals surface area (Å²) in [6.45, 7) is 9.04. The third-order valence-corrected chi connectivity index (χ3v) is 5.82. The van der Waals surface area contributed by atoms with E-state index in [0.717, 1.165) is 11.3 Å². The molecule has 0 amide bonds. The van der Waals surface area contributed by atoms with Gasteiger partial charge in [-0.05, 0) is 53.4 Å². The number of carbonyl (C=O) groups is 1. The molecule has 0 aliphatic rings. The number of rotatable bonds is 7. The smallest absolute Gasteiger partial charge is 0.338 e. The quantitative estimate of drug-likeness (QED) is 0.414. The summed E-state index contributed by atoms with van der Waals surface area (Å²) in [6, 6.07) is 19.5. The summed E-state index contributed by atoms with van der Waals surface area (Å²) < 4.78 is 12.8. The van der Waals surface area contributed by atoms with Crippen LogP contribution in [0.25, 0.3) is 5.69 Å². The van der Waals surface area contributed by atoms with Crippen molar-refractivity contribution >= 4 is 20.9 Å². The fourth-order valence-corrected chi connectivity index (χ4v) is 4.44. The highest BCUT2D eigenvalue weighted by atomic mass is 28.2. The highest BCUT2D eigenvalue weighted by molar-refractivity contribution is 6.47. The molecule has 0 atom stereocenters. The van der Waals surface area contributed by atoms with Gasteiger partial charge in [0.05, 0.1) is 18.8 Å². The van der Waals surface area contributed by atoms with Crippen LogP contribution in [0.5, 0.6) is 0 Å². The fraction of sp³-hybridized carbons (Fsp3) is 0.280. The van der Waals surface area contributed by atoms with Gasteiger partial charge in [-0.2, -0.15) is 5.26 Å². The monoisotopic (exact) mass is 430 g/mol. The zero-order valence-corrected chi connectivity index (χ0v) is 19.3. The largest absolute Gasteiger partial charge is 0.462 e. The number of benzene rings is 2. The maximum absolute atomic E-state index is 11.8. The van der Waals surface area contributed by atoms with E-state index in [1.807, 2.05) is 18.3 Å². The Balaban J connectivity index is 1.73. The molecule has 0 N–H and O–H groups in total. The first kappa shape index (κ1) is 22.5. The van der Waals surface area contributed by atoms with Crippen LogP contribution in [-0.4, -0.2) is 26.9 Å². The SMILES string of the molecule is CCOC(=O)c1ccc(-n2ccc(CO[Si]c3ccccc3C(C)(C)C)c2C#N)cc1. The van der Waals surface area contributed by atoms with Crippen LogP contribution >= 0.6 is 0 Å². The van der Waals surface area contributed by atoms with E-state index < -0.39 is 0 Å². The molecule has 3 aromatic rings. The third kappa shape index (κ3) is 5.32. The molecule has 0 spiro atoms. The molecule has 2 radical (unpaired) electrons. The van der Waals surface area contributed by atoms with Gasteiger partial charge in [0.1, 0.15) is 11.8 Å². The van der Waals surface area contributed by atoms with E-state index in [0.29, 0.717) is 24.5 Å². The second-order valence-electron chi connectivity index (χ2n) is 8.13. The summed E-state index contributed by atoms with van der Waals surface area (Å²) in [6.07, 6.45) is 1.85. The van der Waals surface area contributed by atoms with E-state index in [1.54, 1.807) is 35.8 Å². The first-order chi connectivity index (χ1) is 14.8. The van der Waals surface area contributed by atoms with Gasteiger partial charge in [-0.25, -0.2) is 4.79 Å². The zero-order valence-electron chi connectivity index (χ0n) is 18.3. The van der Waals surface area contributed by atoms with E-state index in [2.05, 4.69) is 45.0 Å². The number of ether oxygens (including phenoxy) is 1. The van der Waals surface area contributed by atoms with Crippen molar-refractivity contribution in [1.29, 1.82) is 5.26 Å². The molecule has 0 unspecified atom stereocenters. The van der Waals surface area contributed by atoms with Crippen LogP contribution in [0.4, 0.5) is 0 Å². The molecule has 0 fully saturated rings. The van der Waals surface area contributed by atoms with Gasteiger partial charge < -0.3 is 13.7 Å². The zero-order chi connectivity index (χ0) is 22.4. The Bertz CT molecular complexity index is 1090. The Kier molecular flexibility index (Phi) is 7.11. The van der Waals surface area contributed by atoms with E-state index in [9.17, 15) is 10.1 Å². The second-order valence-corrected chi connectivity index (χ2v) is 9.16. The number of hydrogen-bond acceptors (Lipinski definition) is 4. The number of esters is 1. The van der Waals surface area contributed by atoms with Gasteiger partial charge in [-0.3, -0.25) is 0 Å². The van der Waals surface area contributed by atoms with Crippen LogP contribution in [0.15, 0.2) is 60.8 Å². The summed E-state index contributed by atoms with van der Waals surface area (Å²) in [5.41, 5.74) is 3.96. The lowest BCUT2D eigenvalue weighted by Gasteiger charge is -2.22. The number of carbonyl (C=O) groups excluding carboxylic acids is 1. The predicted molar refractivity (Wildman–Crippen MR) is 122 cm³/mol. The van der Waals surface area contributed by atoms with E-state index >= 15 is 0 Å². The summed E-state index contributed by atoms with van der Waals surface area (Å²) >= 11 is 0. The van der Waals surface area contributed by atoms with Gasteiger partial charge in [0.2, 0.25) is 0 Å². The topological polar surface area (TPSA) is 64.2 Å². The number of nitrogens with zero attached hydrogens (tertiary/aromatic N) is 2. The number of hydrogen-bond donors (Lipinski definition) is 0. The van der Waals surface area contributed by atoms with Crippen molar-refractivity contribution < 1.29 is 14.0 Å². The lowest BCUT2D eigenvalue weighted by molar-refractivity contribution is 0.0526. The van der Waals surface area contributed by atoms with E-state index in [1.165, 1.54) is 10.8 Å². The molecule has 158 valence electrons. The molecule has 1 aromatic heterocycles. The van der Waals surface area contributed by atoms with Gasteiger partial charge in [0, 0.05) is 17.4 Å². The highest BCUT2D eigenvalue weighted by Crippen LogP contribution is 2.21. The van der Waals surface area contributed by atoms with Crippen LogP contribution in [0, 0.1) is 11.3 Å². The van der Waals surface area contributed by atoms with Crippen molar-refractivity contribution in [3.63, 3.8) is 0 Å². The Morgan fingerprint density at radius 2 is 1.81 bits per heavy atom. The molecule has 6 heteroatoms. The van der Waals surface area contributed by atoms with Crippen LogP contribution in [0.3, 0.4) is 0 Å². The lowest BCUT2D eigenvalue weighted by Crippen LogP contribution is -2.28. The summed E-state index contributed by atoms with van der Waals surface area (Å²) in [7, 11) is 0.201. The summed E-state index contributed by atoms with van der Waals surface area (Å²) in [5, 5.41) is 10.9. The molecule has 5 nitrogen and oxygen atoms in total. The number of nitriles is 1. The molecular formula is C25H26N2O3Si. The Hall–Kier alpha value is -3.14. The first-order valence-corrected chi connectivity index (χ1v) is 11.1. The minimum absolute atomic E-state index is 0.0454. The molecule has 0 bridgehead atoms. The summed E-state index contributed by atoms with van der Waals surface area (Å²) in [4.78, 5) is 11.8. The first-order valence-electron chi connectivity index (χ1n) is 10.2. The number of aromatic nitrogens is 1. The molecule has 0 saturated heterocycles. The average molecular weight is 431 g/mol. The molecule has 0 saturated carbocycles. The third-order valence-electron chi connectivity index (χ3n) is 4.88. The lowest BCUT2D eigenvalue weighted by atomic mass is 9.87. The Morgan fingerprint density at radius 1 is 1.10 bits per heavy atom. The van der Waals surface area contributed by atoms with Crippen LogP contribution in [0.2, 0.25) is 0 Å². The highest BCUT2D eigenvalue weighted by Gasteiger charge is 2.18. The minimum atomic E-state index is -0.354. The molecule has 3 rings (SSSR count). The van der Waals surface area contributed by atoms with Gasteiger partial charge in [0.25, 0.3) is 9.76 Å². The van der Waals surface area contributed by atoms with Crippen molar-refractivity contribution in [3.8, 4) is 11.8 Å². The van der Waals surface area contributed by atoms with Crippen LogP contribution < -0.4 is 5.19 Å². The van der Waals surface area contributed by atoms with Crippen molar-refractivity contribution in [2.75, 3.05) is 6.61 Å². The molecule has 0 aliphatic heterocycles. The molecule has 31 heavy (non-hydrogen) atoms. The molecule has 1 heterocycles. The Labute approximate surface area is 186 Å². The van der Waals surface area contributed by atoms with Gasteiger partial charge >= 0.3 is 5.97 Å². The molecule has 2 aromatic carbocycles. The van der Waals surface area contributed by atoms with Gasteiger partial charge in [0.15, 0.2) is 0 Å². The Morgan fingerprint density at radius 3 is 2.45 bits per heavy atom. The van der Waals surface area contributed by atoms with E-state index in [4.69, 9.17) is 9.16 Å². The van der Waals surface area contributed by atoms with Crippen LogP contribution in [0.1, 0.15) is 54.9 Å². The minimum Gasteiger partial charge on any atom is -0.462 e. The molecular weight excluding hydrogens is 404 g/mol. The second kappa shape index (κ2) is 9.78. The molecule has 0 aliphatic carbocycles. The van der Waals surface area contributed by atoms with Gasteiger partial charge in [-0.1, -0.05) is 45.0 Å². The van der Waals surface area contributed by atoms with Crippen LogP contribution in [-0.2, 0) is 21.2 Å². The average Bonchev–Trinajstić information content (AvgIpc) is 3.16. The maximum Gasteiger partial charge on any atom is 0.338 e. The fourth-order valence-electron chi connectivity index (χ4n) is 3.32.